The first-order chi connectivity index (χ1) is 8.82. The van der Waals surface area contributed by atoms with Gasteiger partial charge >= 0.3 is 5.97 Å². The molecule has 6 heteroatoms. The van der Waals surface area contributed by atoms with Crippen molar-refractivity contribution < 1.29 is 18.3 Å². The zero-order valence-electron chi connectivity index (χ0n) is 10.9. The van der Waals surface area contributed by atoms with Crippen molar-refractivity contribution in [1.82, 2.24) is 4.31 Å². The number of aryl methyl sites for hydroxylation is 1. The van der Waals surface area contributed by atoms with Crippen LogP contribution in [0.1, 0.15) is 18.9 Å². The first kappa shape index (κ1) is 14.0. The van der Waals surface area contributed by atoms with Crippen LogP contribution in [0.5, 0.6) is 0 Å². The Morgan fingerprint density at radius 3 is 2.42 bits per heavy atom. The molecule has 1 heterocycles. The molecule has 0 bridgehead atoms. The minimum Gasteiger partial charge on any atom is -0.480 e. The average Bonchev–Trinajstić information content (AvgIpc) is 2.73. The summed E-state index contributed by atoms with van der Waals surface area (Å²) >= 11 is 0. The summed E-state index contributed by atoms with van der Waals surface area (Å²) in [6, 6.07) is 5.50. The van der Waals surface area contributed by atoms with E-state index in [1.165, 1.54) is 12.1 Å². The molecule has 0 unspecified atom stereocenters. The van der Waals surface area contributed by atoms with E-state index in [0.717, 1.165) is 9.87 Å². The molecule has 5 nitrogen and oxygen atoms in total. The van der Waals surface area contributed by atoms with Gasteiger partial charge in [0.1, 0.15) is 6.04 Å². The molecule has 19 heavy (non-hydrogen) atoms. The first-order valence-electron chi connectivity index (χ1n) is 6.13. The summed E-state index contributed by atoms with van der Waals surface area (Å²) in [6.45, 7) is 3.99. The van der Waals surface area contributed by atoms with E-state index in [-0.39, 0.29) is 17.4 Å². The second-order valence-corrected chi connectivity index (χ2v) is 6.97. The molecule has 1 aromatic carbocycles. The van der Waals surface area contributed by atoms with E-state index >= 15 is 0 Å². The Balaban J connectivity index is 2.38. The van der Waals surface area contributed by atoms with Crippen LogP contribution in [0.3, 0.4) is 0 Å². The maximum Gasteiger partial charge on any atom is 0.322 e. The largest absolute Gasteiger partial charge is 0.480 e. The lowest BCUT2D eigenvalue weighted by molar-refractivity contribution is -0.140. The number of sulfonamides is 1. The Morgan fingerprint density at radius 1 is 1.32 bits per heavy atom. The van der Waals surface area contributed by atoms with Crippen molar-refractivity contribution in [2.45, 2.75) is 31.2 Å². The SMILES string of the molecule is Cc1ccc(S(=O)(=O)N2C[C@H](C)C[C@H]2C(=O)O)cc1. The van der Waals surface area contributed by atoms with Crippen LogP contribution in [0.25, 0.3) is 0 Å². The molecule has 1 aliphatic heterocycles. The fraction of sp³-hybridized carbons (Fsp3) is 0.462. The molecule has 2 rings (SSSR count). The van der Waals surface area contributed by atoms with Crippen molar-refractivity contribution in [3.8, 4) is 0 Å². The van der Waals surface area contributed by atoms with E-state index in [4.69, 9.17) is 5.11 Å². The molecule has 104 valence electrons. The van der Waals surface area contributed by atoms with Crippen LogP contribution in [0.4, 0.5) is 0 Å². The summed E-state index contributed by atoms with van der Waals surface area (Å²) in [6.07, 6.45) is 0.362. The summed E-state index contributed by atoms with van der Waals surface area (Å²) in [5.74, 6) is -1.03. The Morgan fingerprint density at radius 2 is 1.89 bits per heavy atom. The van der Waals surface area contributed by atoms with Crippen molar-refractivity contribution >= 4 is 16.0 Å². The van der Waals surface area contributed by atoms with Crippen molar-refractivity contribution in [3.05, 3.63) is 29.8 Å². The third-order valence-corrected chi connectivity index (χ3v) is 5.27. The molecule has 0 spiro atoms. The van der Waals surface area contributed by atoms with Gasteiger partial charge in [0.15, 0.2) is 0 Å². The molecule has 1 saturated heterocycles. The lowest BCUT2D eigenvalue weighted by Gasteiger charge is -2.21. The van der Waals surface area contributed by atoms with E-state index in [2.05, 4.69) is 0 Å². The van der Waals surface area contributed by atoms with Gasteiger partial charge in [-0.3, -0.25) is 4.79 Å². The van der Waals surface area contributed by atoms with Gasteiger partial charge in [-0.05, 0) is 31.4 Å². The monoisotopic (exact) mass is 283 g/mol. The Bertz CT molecular complexity index is 579. The van der Waals surface area contributed by atoms with Gasteiger partial charge < -0.3 is 5.11 Å². The van der Waals surface area contributed by atoms with Gasteiger partial charge in [-0.25, -0.2) is 8.42 Å². The van der Waals surface area contributed by atoms with Gasteiger partial charge in [0.05, 0.1) is 4.90 Å². The molecule has 0 saturated carbocycles. The Kier molecular flexibility index (Phi) is 3.64. The second-order valence-electron chi connectivity index (χ2n) is 5.08. The minimum absolute atomic E-state index is 0.0568. The molecule has 0 radical (unpaired) electrons. The molecule has 0 aromatic heterocycles. The maximum atomic E-state index is 12.5. The highest BCUT2D eigenvalue weighted by Gasteiger charge is 2.42. The van der Waals surface area contributed by atoms with Crippen molar-refractivity contribution in [2.24, 2.45) is 5.92 Å². The maximum absolute atomic E-state index is 12.5. The number of aliphatic carboxylic acids is 1. The highest BCUT2D eigenvalue weighted by atomic mass is 32.2. The van der Waals surface area contributed by atoms with Gasteiger partial charge in [-0.1, -0.05) is 24.6 Å². The van der Waals surface area contributed by atoms with Crippen LogP contribution in [-0.2, 0) is 14.8 Å². The average molecular weight is 283 g/mol. The normalized spacial score (nSPS) is 24.5. The van der Waals surface area contributed by atoms with Gasteiger partial charge in [0, 0.05) is 6.54 Å². The number of rotatable bonds is 3. The summed E-state index contributed by atoms with van der Waals surface area (Å²) in [7, 11) is -3.73. The summed E-state index contributed by atoms with van der Waals surface area (Å²) in [4.78, 5) is 11.3. The molecule has 1 N–H and O–H groups in total. The fourth-order valence-corrected chi connectivity index (χ4v) is 4.06. The Labute approximate surface area is 112 Å². The molecule has 0 amide bonds. The van der Waals surface area contributed by atoms with E-state index in [1.807, 2.05) is 13.8 Å². The minimum atomic E-state index is -3.73. The van der Waals surface area contributed by atoms with Crippen molar-refractivity contribution in [1.29, 1.82) is 0 Å². The van der Waals surface area contributed by atoms with Gasteiger partial charge in [-0.15, -0.1) is 0 Å². The van der Waals surface area contributed by atoms with Crippen LogP contribution < -0.4 is 0 Å². The van der Waals surface area contributed by atoms with Crippen LogP contribution in [0.2, 0.25) is 0 Å². The highest BCUT2D eigenvalue weighted by Crippen LogP contribution is 2.29. The smallest absolute Gasteiger partial charge is 0.322 e. The van der Waals surface area contributed by atoms with Crippen LogP contribution >= 0.6 is 0 Å². The molecule has 1 aromatic rings. The highest BCUT2D eigenvalue weighted by molar-refractivity contribution is 7.89. The standard InChI is InChI=1S/C13H17NO4S/c1-9-3-5-11(6-4-9)19(17,18)14-8-10(2)7-12(14)13(15)16/h3-6,10,12H,7-8H2,1-2H3,(H,15,16)/t10-,12+/m1/s1. The van der Waals surface area contributed by atoms with Gasteiger partial charge in [0.25, 0.3) is 0 Å². The summed E-state index contributed by atoms with van der Waals surface area (Å²) in [5.41, 5.74) is 0.962. The number of hydrogen-bond donors (Lipinski definition) is 1. The topological polar surface area (TPSA) is 74.7 Å². The van der Waals surface area contributed by atoms with Gasteiger partial charge in [0.2, 0.25) is 10.0 Å². The van der Waals surface area contributed by atoms with E-state index in [1.54, 1.807) is 12.1 Å². The molecule has 0 aliphatic carbocycles. The predicted octanol–water partition coefficient (Wildman–Crippen LogP) is 1.48. The molecule has 1 aliphatic rings. The summed E-state index contributed by atoms with van der Waals surface area (Å²) in [5, 5.41) is 9.15. The third kappa shape index (κ3) is 2.64. The number of benzene rings is 1. The number of carboxylic acid groups (broad SMARTS) is 1. The predicted molar refractivity (Wildman–Crippen MR) is 70.3 cm³/mol. The van der Waals surface area contributed by atoms with Crippen LogP contribution in [-0.4, -0.2) is 36.4 Å². The van der Waals surface area contributed by atoms with Crippen molar-refractivity contribution in [3.63, 3.8) is 0 Å². The second kappa shape index (κ2) is 4.94. The van der Waals surface area contributed by atoms with E-state index in [0.29, 0.717) is 6.42 Å². The quantitative estimate of drug-likeness (QED) is 0.911. The number of carbonyl (C=O) groups is 1. The molecule has 2 atom stereocenters. The summed E-state index contributed by atoms with van der Waals surface area (Å²) < 4.78 is 26.0. The number of carboxylic acids is 1. The zero-order valence-corrected chi connectivity index (χ0v) is 11.7. The number of hydrogen-bond acceptors (Lipinski definition) is 3. The van der Waals surface area contributed by atoms with Crippen LogP contribution in [0, 0.1) is 12.8 Å². The lowest BCUT2D eigenvalue weighted by Crippen LogP contribution is -2.40. The fourth-order valence-electron chi connectivity index (χ4n) is 2.34. The van der Waals surface area contributed by atoms with Crippen molar-refractivity contribution in [2.75, 3.05) is 6.54 Å². The zero-order chi connectivity index (χ0) is 14.2. The first-order valence-corrected chi connectivity index (χ1v) is 7.57. The van der Waals surface area contributed by atoms with Crippen LogP contribution in [0.15, 0.2) is 29.2 Å². The molecular weight excluding hydrogens is 266 g/mol. The van der Waals surface area contributed by atoms with E-state index in [9.17, 15) is 13.2 Å². The molecular formula is C13H17NO4S. The number of nitrogens with zero attached hydrogens (tertiary/aromatic N) is 1. The molecule has 1 fully saturated rings. The van der Waals surface area contributed by atoms with E-state index < -0.39 is 22.0 Å². The third-order valence-electron chi connectivity index (χ3n) is 3.38. The Hall–Kier alpha value is -1.40. The lowest BCUT2D eigenvalue weighted by atomic mass is 10.1. The van der Waals surface area contributed by atoms with Gasteiger partial charge in [-0.2, -0.15) is 4.31 Å².